The van der Waals surface area contributed by atoms with Gasteiger partial charge in [0.25, 0.3) is 6.71 Å². The zero-order valence-corrected chi connectivity index (χ0v) is 26.5. The number of hydrogen-bond donors (Lipinski definition) is 0. The number of benzene rings is 7. The molecule has 0 aromatic heterocycles. The van der Waals surface area contributed by atoms with Gasteiger partial charge in [-0.05, 0) is 82.6 Å². The highest BCUT2D eigenvalue weighted by Gasteiger charge is 2.47. The van der Waals surface area contributed by atoms with E-state index in [2.05, 4.69) is 138 Å². The van der Waals surface area contributed by atoms with Crippen molar-refractivity contribution < 1.29 is 14.2 Å². The van der Waals surface area contributed by atoms with Crippen LogP contribution in [0.15, 0.2) is 146 Å². The van der Waals surface area contributed by atoms with Crippen molar-refractivity contribution in [3.05, 3.63) is 157 Å². The second-order valence-corrected chi connectivity index (χ2v) is 13.2. The molecule has 0 aliphatic carbocycles. The van der Waals surface area contributed by atoms with Gasteiger partial charge in [-0.15, -0.1) is 0 Å². The largest absolute Gasteiger partial charge is 0.458 e. The summed E-state index contributed by atoms with van der Waals surface area (Å²) >= 11 is 0. The van der Waals surface area contributed by atoms with Gasteiger partial charge in [-0.1, -0.05) is 97.1 Å². The van der Waals surface area contributed by atoms with Crippen LogP contribution in [-0.4, -0.2) is 6.71 Å². The first-order valence-electron chi connectivity index (χ1n) is 16.9. The molecule has 0 amide bonds. The molecule has 0 unspecified atom stereocenters. The third-order valence-corrected chi connectivity index (χ3v) is 10.4. The Hall–Kier alpha value is -6.20. The molecule has 0 saturated carbocycles. The second-order valence-electron chi connectivity index (χ2n) is 13.2. The van der Waals surface area contributed by atoms with Crippen LogP contribution in [0.2, 0.25) is 0 Å². The average Bonchev–Trinajstić information content (AvgIpc) is 3.32. The van der Waals surface area contributed by atoms with Crippen molar-refractivity contribution in [2.75, 3.05) is 4.90 Å². The van der Waals surface area contributed by atoms with Crippen LogP contribution in [0.5, 0.6) is 34.5 Å². The Morgan fingerprint density at radius 3 is 1.18 bits per heavy atom. The van der Waals surface area contributed by atoms with E-state index in [0.29, 0.717) is 0 Å². The van der Waals surface area contributed by atoms with Crippen molar-refractivity contribution in [3.8, 4) is 56.8 Å². The molecular weight excluding hydrogens is 601 g/mol. The van der Waals surface area contributed by atoms with Crippen molar-refractivity contribution in [1.29, 1.82) is 0 Å². The summed E-state index contributed by atoms with van der Waals surface area (Å²) in [7, 11) is 0. The zero-order chi connectivity index (χ0) is 32.1. The summed E-state index contributed by atoms with van der Waals surface area (Å²) in [6.45, 7) is -0.0800. The standard InChI is InChI=1S/C44H28BNO3/c1-3-11-27(12-4-1)31-21-36-42-38(23-31)48-40-25-33(46-34-17-9-7-15-29(34)19-20-30-16-8-10-18-35(30)46)26-41-44(40)45(42)43-37(47-36)22-32(24-39(43)49-41)28-13-5-2-6-14-28/h1-18,21-26H,19-20H2. The fourth-order valence-corrected chi connectivity index (χ4v) is 8.22. The lowest BCUT2D eigenvalue weighted by Gasteiger charge is -2.39. The van der Waals surface area contributed by atoms with Crippen LogP contribution in [0, 0.1) is 0 Å². The Bertz CT molecular complexity index is 2330. The molecule has 0 N–H and O–H groups in total. The van der Waals surface area contributed by atoms with Crippen LogP contribution >= 0.6 is 0 Å². The number of ether oxygens (including phenoxy) is 3. The van der Waals surface area contributed by atoms with Crippen LogP contribution in [0.25, 0.3) is 22.3 Å². The molecule has 49 heavy (non-hydrogen) atoms. The summed E-state index contributed by atoms with van der Waals surface area (Å²) in [5.74, 6) is 4.90. The summed E-state index contributed by atoms with van der Waals surface area (Å²) in [6.07, 6.45) is 1.96. The Morgan fingerprint density at radius 1 is 0.388 bits per heavy atom. The van der Waals surface area contributed by atoms with E-state index < -0.39 is 0 Å². The van der Waals surface area contributed by atoms with Crippen LogP contribution in [0.3, 0.4) is 0 Å². The number of nitrogens with zero attached hydrogens (tertiary/aromatic N) is 1. The zero-order valence-electron chi connectivity index (χ0n) is 26.5. The third-order valence-electron chi connectivity index (χ3n) is 10.4. The Morgan fingerprint density at radius 2 is 0.755 bits per heavy atom. The molecule has 0 atom stereocenters. The van der Waals surface area contributed by atoms with E-state index in [4.69, 9.17) is 14.2 Å². The SMILES string of the molecule is c1ccc(-c2cc3c4c(c2)Oc2cc(N5c6ccccc6CCc6ccccc65)cc5c2B4c2c(cc(-c4ccccc4)cc2O5)O3)cc1. The maximum absolute atomic E-state index is 6.96. The Kier molecular flexibility index (Phi) is 5.56. The maximum Gasteiger partial charge on any atom is 0.270 e. The summed E-state index contributed by atoms with van der Waals surface area (Å²) < 4.78 is 20.7. The number of fused-ring (bicyclic) bond motifs is 2. The van der Waals surface area contributed by atoms with Crippen molar-refractivity contribution in [2.45, 2.75) is 12.8 Å². The Labute approximate surface area is 284 Å². The molecule has 0 saturated heterocycles. The van der Waals surface area contributed by atoms with Crippen LogP contribution in [-0.2, 0) is 12.8 Å². The predicted octanol–water partition coefficient (Wildman–Crippen LogP) is 9.42. The van der Waals surface area contributed by atoms with Gasteiger partial charge in [0.15, 0.2) is 0 Å². The molecule has 0 spiro atoms. The highest BCUT2D eigenvalue weighted by Crippen LogP contribution is 2.49. The summed E-state index contributed by atoms with van der Waals surface area (Å²) in [4.78, 5) is 2.38. The van der Waals surface area contributed by atoms with Crippen LogP contribution in [0.4, 0.5) is 17.1 Å². The topological polar surface area (TPSA) is 30.9 Å². The van der Waals surface area contributed by atoms with Gasteiger partial charge in [0.1, 0.15) is 34.5 Å². The molecule has 7 aromatic carbocycles. The van der Waals surface area contributed by atoms with Crippen molar-refractivity contribution in [2.24, 2.45) is 0 Å². The van der Waals surface area contributed by atoms with E-state index in [1.807, 2.05) is 12.1 Å². The monoisotopic (exact) mass is 629 g/mol. The first-order valence-corrected chi connectivity index (χ1v) is 16.9. The molecule has 230 valence electrons. The lowest BCUT2D eigenvalue weighted by molar-refractivity contribution is 0.443. The molecule has 7 aromatic rings. The van der Waals surface area contributed by atoms with E-state index in [1.165, 1.54) is 22.5 Å². The quantitative estimate of drug-likeness (QED) is 0.182. The third kappa shape index (κ3) is 3.99. The molecule has 5 heteroatoms. The van der Waals surface area contributed by atoms with E-state index in [1.54, 1.807) is 0 Å². The van der Waals surface area contributed by atoms with E-state index >= 15 is 0 Å². The lowest BCUT2D eigenvalue weighted by Crippen LogP contribution is -2.59. The van der Waals surface area contributed by atoms with Gasteiger partial charge in [-0.25, -0.2) is 0 Å². The number of aryl methyl sites for hydroxylation is 2. The minimum absolute atomic E-state index is 0.0800. The Balaban J connectivity index is 1.17. The minimum Gasteiger partial charge on any atom is -0.458 e. The summed E-state index contributed by atoms with van der Waals surface area (Å²) in [5.41, 5.74) is 13.5. The van der Waals surface area contributed by atoms with Gasteiger partial charge in [-0.2, -0.15) is 0 Å². The summed E-state index contributed by atoms with van der Waals surface area (Å²) in [6, 6.07) is 51.4. The van der Waals surface area contributed by atoms with E-state index in [0.717, 1.165) is 91.7 Å². The van der Waals surface area contributed by atoms with Crippen molar-refractivity contribution >= 4 is 40.2 Å². The van der Waals surface area contributed by atoms with Gasteiger partial charge in [0.2, 0.25) is 0 Å². The molecule has 4 heterocycles. The number of para-hydroxylation sites is 2. The van der Waals surface area contributed by atoms with Gasteiger partial charge >= 0.3 is 0 Å². The molecule has 4 nitrogen and oxygen atoms in total. The van der Waals surface area contributed by atoms with Crippen LogP contribution in [0.1, 0.15) is 11.1 Å². The fourth-order valence-electron chi connectivity index (χ4n) is 8.22. The minimum atomic E-state index is -0.0800. The van der Waals surface area contributed by atoms with E-state index in [9.17, 15) is 0 Å². The van der Waals surface area contributed by atoms with Crippen molar-refractivity contribution in [3.63, 3.8) is 0 Å². The van der Waals surface area contributed by atoms with E-state index in [-0.39, 0.29) is 6.71 Å². The molecule has 0 fully saturated rings. The molecule has 11 rings (SSSR count). The summed E-state index contributed by atoms with van der Waals surface area (Å²) in [5, 5.41) is 0. The van der Waals surface area contributed by atoms with Gasteiger partial charge in [0.05, 0.1) is 5.69 Å². The second kappa shape index (κ2) is 10.2. The number of anilines is 3. The number of rotatable bonds is 3. The highest BCUT2D eigenvalue weighted by atomic mass is 16.5. The van der Waals surface area contributed by atoms with Gasteiger partial charge in [0, 0.05) is 39.9 Å². The average molecular weight is 630 g/mol. The smallest absolute Gasteiger partial charge is 0.270 e. The van der Waals surface area contributed by atoms with Gasteiger partial charge in [-0.3, -0.25) is 0 Å². The highest BCUT2D eigenvalue weighted by molar-refractivity contribution is 6.99. The number of hydrogen-bond acceptors (Lipinski definition) is 4. The maximum atomic E-state index is 6.96. The van der Waals surface area contributed by atoms with Crippen molar-refractivity contribution in [1.82, 2.24) is 0 Å². The molecule has 0 radical (unpaired) electrons. The van der Waals surface area contributed by atoms with Crippen LogP contribution < -0.4 is 35.5 Å². The lowest BCUT2D eigenvalue weighted by atomic mass is 9.33. The molecule has 4 aliphatic heterocycles. The fraction of sp³-hybridized carbons (Fsp3) is 0.0455. The van der Waals surface area contributed by atoms with Gasteiger partial charge < -0.3 is 19.1 Å². The first kappa shape index (κ1) is 26.8. The molecule has 4 aliphatic rings. The predicted molar refractivity (Wildman–Crippen MR) is 197 cm³/mol. The normalized spacial score (nSPS) is 14.0. The molecular formula is C44H28BNO3. The molecule has 0 bridgehead atoms. The first-order chi connectivity index (χ1) is 24.3.